The smallest absolute Gasteiger partial charge is 0.408 e. The van der Waals surface area contributed by atoms with Crippen LogP contribution in [0.2, 0.25) is 5.02 Å². The van der Waals surface area contributed by atoms with E-state index in [-0.39, 0.29) is 50.4 Å². The van der Waals surface area contributed by atoms with Crippen LogP contribution in [0.1, 0.15) is 107 Å². The van der Waals surface area contributed by atoms with E-state index in [2.05, 4.69) is 21.7 Å². The number of hydrogen-bond donors (Lipinski definition) is 2. The Balaban J connectivity index is 1.59. The zero-order valence-corrected chi connectivity index (χ0v) is 35.7. The second-order valence-corrected chi connectivity index (χ2v) is 22.4. The van der Waals surface area contributed by atoms with Crippen LogP contribution < -0.4 is 10.5 Å². The van der Waals surface area contributed by atoms with Crippen LogP contribution in [0.4, 0.5) is 32.6 Å². The lowest BCUT2D eigenvalue weighted by Gasteiger charge is -2.37. The number of carbonyl (C=O) groups excluding carboxylic acids is 1. The molecule has 2 heterocycles. The molecule has 4 aromatic rings. The molecule has 2 fully saturated rings. The number of rotatable bonds is 11. The summed E-state index contributed by atoms with van der Waals surface area (Å²) in [6, 6.07) is 5.58. The van der Waals surface area contributed by atoms with Crippen molar-refractivity contribution in [2.45, 2.75) is 120 Å². The van der Waals surface area contributed by atoms with Crippen molar-refractivity contribution in [3.8, 4) is 23.0 Å². The van der Waals surface area contributed by atoms with Gasteiger partial charge in [-0.05, 0) is 105 Å². The van der Waals surface area contributed by atoms with Gasteiger partial charge in [-0.2, -0.15) is 18.3 Å². The summed E-state index contributed by atoms with van der Waals surface area (Å²) >= 11 is 6.70. The van der Waals surface area contributed by atoms with E-state index in [0.717, 1.165) is 12.1 Å². The number of sulfone groups is 1. The van der Waals surface area contributed by atoms with Crippen LogP contribution in [0.3, 0.4) is 0 Å². The number of ether oxygens (including phenoxy) is 1. The highest BCUT2D eigenvalue weighted by Gasteiger charge is 2.46. The molecule has 2 aromatic carbocycles. The summed E-state index contributed by atoms with van der Waals surface area (Å²) in [6.45, 7) is 6.45. The molecule has 322 valence electrons. The maximum Gasteiger partial charge on any atom is 0.408 e. The number of alkyl halides is 3. The molecule has 2 aromatic heterocycles. The van der Waals surface area contributed by atoms with Crippen molar-refractivity contribution >= 4 is 54.3 Å². The molecule has 3 N–H and O–H groups in total. The SMILES string of the molecule is CC(C)(C)C(c1cc(F)cc(F)c1)[C@H](OC(N)=O)c1nc(C#CC(C)(C)S(=O)(=O)C2CC2)c2c(c1-c1ccc(Cl)c3c(NS(=O)(=O)C4CC4)nn(CC(F)(F)F)c13)CCC2. The van der Waals surface area contributed by atoms with Gasteiger partial charge in [0, 0.05) is 23.1 Å². The third kappa shape index (κ3) is 8.54. The number of primary amides is 1. The fourth-order valence-electron chi connectivity index (χ4n) is 8.09. The Kier molecular flexibility index (Phi) is 11.0. The first-order valence-corrected chi connectivity index (χ1v) is 22.8. The van der Waals surface area contributed by atoms with Crippen LogP contribution in [-0.4, -0.2) is 59.1 Å². The van der Waals surface area contributed by atoms with Crippen molar-refractivity contribution in [3.63, 3.8) is 0 Å². The second-order valence-electron chi connectivity index (χ2n) is 17.2. The third-order valence-electron chi connectivity index (χ3n) is 11.1. The number of aromatic nitrogens is 3. The first kappa shape index (κ1) is 43.6. The van der Waals surface area contributed by atoms with Gasteiger partial charge in [0.25, 0.3) is 0 Å². The highest BCUT2D eigenvalue weighted by Crippen LogP contribution is 2.52. The lowest BCUT2D eigenvalue weighted by atomic mass is 9.71. The average molecular weight is 896 g/mol. The molecule has 2 atom stereocenters. The first-order valence-electron chi connectivity index (χ1n) is 19.3. The highest BCUT2D eigenvalue weighted by atomic mass is 35.5. The molecule has 1 unspecified atom stereocenters. The minimum Gasteiger partial charge on any atom is -0.439 e. The number of nitrogens with two attached hydrogens (primary N) is 1. The van der Waals surface area contributed by atoms with Crippen molar-refractivity contribution < 1.29 is 48.3 Å². The first-order chi connectivity index (χ1) is 27.8. The number of carbonyl (C=O) groups is 1. The number of halogens is 6. The number of anilines is 1. The van der Waals surface area contributed by atoms with Gasteiger partial charge in [0.05, 0.1) is 32.1 Å². The van der Waals surface area contributed by atoms with Gasteiger partial charge in [0.15, 0.2) is 21.8 Å². The number of nitrogens with zero attached hydrogens (tertiary/aromatic N) is 3. The van der Waals surface area contributed by atoms with Crippen molar-refractivity contribution in [1.29, 1.82) is 0 Å². The molecule has 0 aliphatic heterocycles. The van der Waals surface area contributed by atoms with E-state index in [9.17, 15) is 34.8 Å². The summed E-state index contributed by atoms with van der Waals surface area (Å²) in [5, 5.41) is 2.53. The van der Waals surface area contributed by atoms with E-state index in [1.54, 1.807) is 20.8 Å². The van der Waals surface area contributed by atoms with Gasteiger partial charge in [-0.3, -0.25) is 9.40 Å². The molecule has 2 saturated carbocycles. The minimum atomic E-state index is -4.86. The van der Waals surface area contributed by atoms with Gasteiger partial charge in [0.1, 0.15) is 28.6 Å². The molecule has 1 amide bonds. The van der Waals surface area contributed by atoms with Crippen molar-refractivity contribution in [2.75, 3.05) is 4.72 Å². The molecule has 3 aliphatic carbocycles. The summed E-state index contributed by atoms with van der Waals surface area (Å²) in [5.41, 5.74) is 5.74. The maximum atomic E-state index is 15.0. The molecule has 0 radical (unpaired) electrons. The number of nitrogens with one attached hydrogen (secondary N) is 1. The Morgan fingerprint density at radius 2 is 1.60 bits per heavy atom. The van der Waals surface area contributed by atoms with E-state index in [1.165, 1.54) is 26.0 Å². The van der Waals surface area contributed by atoms with Gasteiger partial charge in [0.2, 0.25) is 10.0 Å². The standard InChI is InChI=1S/C41H43ClF5N5O6S2/c1-39(2,3)33(21-17-22(43)19-23(44)18-21)36(58-38(48)53)34-31(27-8-6-7-26(27)30(49-34)15-16-40(4,5)59(54,55)24-9-10-24)28-13-14-29(42)32-35(28)52(20-41(45,46)47)50-37(32)51-60(56,57)25-11-12-25/h13-14,17-19,24-25,33,36H,6-12,20H2,1-5H3,(H2,48,53)(H,50,51)/t33?,36-/m0/s1. The quantitative estimate of drug-likeness (QED) is 0.112. The lowest BCUT2D eigenvalue weighted by molar-refractivity contribution is -0.141. The van der Waals surface area contributed by atoms with Crippen molar-refractivity contribution in [3.05, 3.63) is 75.1 Å². The van der Waals surface area contributed by atoms with Gasteiger partial charge in [-0.15, -0.1) is 0 Å². The molecule has 11 nitrogen and oxygen atoms in total. The van der Waals surface area contributed by atoms with Crippen LogP contribution in [0.15, 0.2) is 30.3 Å². The van der Waals surface area contributed by atoms with E-state index >= 15 is 8.78 Å². The predicted octanol–water partition coefficient (Wildman–Crippen LogP) is 8.66. The van der Waals surface area contributed by atoms with Gasteiger partial charge in [-0.25, -0.2) is 35.4 Å². The summed E-state index contributed by atoms with van der Waals surface area (Å²) in [5.74, 6) is 2.41. The van der Waals surface area contributed by atoms with Crippen molar-refractivity contribution in [1.82, 2.24) is 14.8 Å². The fraction of sp³-hybridized carbons (Fsp3) is 0.488. The van der Waals surface area contributed by atoms with Gasteiger partial charge >= 0.3 is 12.3 Å². The Bertz CT molecular complexity index is 2690. The van der Waals surface area contributed by atoms with Crippen LogP contribution in [0, 0.1) is 28.9 Å². The Morgan fingerprint density at radius 1 is 0.983 bits per heavy atom. The molecule has 19 heteroatoms. The molecular weight excluding hydrogens is 853 g/mol. The lowest BCUT2D eigenvalue weighted by Crippen LogP contribution is -2.33. The largest absolute Gasteiger partial charge is 0.439 e. The van der Waals surface area contributed by atoms with Crippen LogP contribution in [-0.2, 0) is 44.0 Å². The van der Waals surface area contributed by atoms with Crippen LogP contribution >= 0.6 is 11.6 Å². The van der Waals surface area contributed by atoms with Crippen LogP contribution in [0.5, 0.6) is 0 Å². The van der Waals surface area contributed by atoms with Crippen LogP contribution in [0.25, 0.3) is 22.0 Å². The summed E-state index contributed by atoms with van der Waals surface area (Å²) in [4.78, 5) is 17.9. The maximum absolute atomic E-state index is 15.0. The second kappa shape index (κ2) is 15.2. The van der Waals surface area contributed by atoms with Crippen molar-refractivity contribution in [2.24, 2.45) is 11.1 Å². The molecule has 7 rings (SSSR count). The predicted molar refractivity (Wildman–Crippen MR) is 216 cm³/mol. The number of benzene rings is 2. The van der Waals surface area contributed by atoms with E-state index in [1.807, 2.05) is 0 Å². The molecule has 0 spiro atoms. The Hall–Kier alpha value is -4.47. The average Bonchev–Trinajstić information content (AvgIpc) is 4.04. The molecule has 0 bridgehead atoms. The molecule has 3 aliphatic rings. The minimum absolute atomic E-state index is 0.0314. The number of sulfonamides is 1. The zero-order valence-electron chi connectivity index (χ0n) is 33.3. The number of hydrogen-bond acceptors (Lipinski definition) is 8. The third-order valence-corrected chi connectivity index (χ3v) is 16.1. The summed E-state index contributed by atoms with van der Waals surface area (Å²) < 4.78 is 134. The molecule has 0 saturated heterocycles. The van der Waals surface area contributed by atoms with Gasteiger partial charge < -0.3 is 10.5 Å². The molecular formula is C41H43ClF5N5O6S2. The normalized spacial score (nSPS) is 17.2. The Labute approximate surface area is 349 Å². The summed E-state index contributed by atoms with van der Waals surface area (Å²) in [6.07, 6.45) is -4.93. The number of fused-ring (bicyclic) bond motifs is 2. The Morgan fingerprint density at radius 3 is 2.17 bits per heavy atom. The van der Waals surface area contributed by atoms with Gasteiger partial charge in [-0.1, -0.05) is 44.4 Å². The fourth-order valence-corrected chi connectivity index (χ4v) is 11.5. The van der Waals surface area contributed by atoms with E-state index in [0.29, 0.717) is 60.4 Å². The van der Waals surface area contributed by atoms with E-state index < -0.39 is 88.8 Å². The highest BCUT2D eigenvalue weighted by molar-refractivity contribution is 7.94. The molecule has 60 heavy (non-hydrogen) atoms. The van der Waals surface area contributed by atoms with E-state index in [4.69, 9.17) is 27.1 Å². The topological polar surface area (TPSA) is 163 Å². The number of amides is 1. The zero-order chi connectivity index (χ0) is 43.9. The number of pyridine rings is 1. The summed E-state index contributed by atoms with van der Waals surface area (Å²) in [7, 11) is -7.77. The monoisotopic (exact) mass is 895 g/mol.